The highest BCUT2D eigenvalue weighted by Crippen LogP contribution is 2.28. The van der Waals surface area contributed by atoms with E-state index in [1.807, 2.05) is 31.2 Å². The summed E-state index contributed by atoms with van der Waals surface area (Å²) >= 11 is 5.00. The van der Waals surface area contributed by atoms with Crippen molar-refractivity contribution in [3.63, 3.8) is 0 Å². The molecule has 5 nitrogen and oxygen atoms in total. The van der Waals surface area contributed by atoms with Crippen LogP contribution in [0.1, 0.15) is 52.3 Å². The Morgan fingerprint density at radius 3 is 2.96 bits per heavy atom. The molecular weight excluding hydrogens is 414 g/mol. The molecule has 1 aromatic carbocycles. The van der Waals surface area contributed by atoms with Gasteiger partial charge in [0, 0.05) is 21.2 Å². The van der Waals surface area contributed by atoms with Gasteiger partial charge in [-0.25, -0.2) is 4.98 Å². The number of fused-ring (bicyclic) bond motifs is 3. The van der Waals surface area contributed by atoms with E-state index in [4.69, 9.17) is 0 Å². The van der Waals surface area contributed by atoms with Crippen molar-refractivity contribution < 1.29 is 4.79 Å². The lowest BCUT2D eigenvalue weighted by molar-refractivity contribution is 0.0938. The van der Waals surface area contributed by atoms with Gasteiger partial charge in [0.05, 0.1) is 6.04 Å². The van der Waals surface area contributed by atoms with Gasteiger partial charge in [-0.3, -0.25) is 14.0 Å². The third-order valence-electron chi connectivity index (χ3n) is 4.74. The number of amides is 1. The van der Waals surface area contributed by atoms with E-state index in [0.29, 0.717) is 4.96 Å². The van der Waals surface area contributed by atoms with Gasteiger partial charge in [-0.05, 0) is 50.3 Å². The zero-order valence-electron chi connectivity index (χ0n) is 14.3. The normalized spacial score (nSPS) is 14.8. The van der Waals surface area contributed by atoms with E-state index in [1.165, 1.54) is 11.1 Å². The van der Waals surface area contributed by atoms with Crippen LogP contribution < -0.4 is 10.9 Å². The van der Waals surface area contributed by atoms with Crippen LogP contribution in [0.5, 0.6) is 0 Å². The lowest BCUT2D eigenvalue weighted by atomic mass is 10.0. The van der Waals surface area contributed by atoms with Gasteiger partial charge in [-0.1, -0.05) is 28.1 Å². The van der Waals surface area contributed by atoms with Crippen LogP contribution in [0.3, 0.4) is 0 Å². The summed E-state index contributed by atoms with van der Waals surface area (Å²) in [6.45, 7) is 1.90. The standard InChI is InChI=1S/C19H18BrN3O2S/c1-11(12-5-4-6-13(20)9-12)22-17(24)14-10-21-19-23(18(14)25)15-7-2-3-8-16(15)26-19/h4-6,9-11H,2-3,7-8H2,1H3,(H,22,24)/t11-/m0/s1. The maximum atomic E-state index is 12.9. The second kappa shape index (κ2) is 6.96. The minimum atomic E-state index is -0.389. The lowest BCUT2D eigenvalue weighted by Crippen LogP contribution is -2.33. The molecule has 1 aliphatic carbocycles. The third kappa shape index (κ3) is 3.10. The predicted molar refractivity (Wildman–Crippen MR) is 106 cm³/mol. The molecule has 1 aliphatic rings. The lowest BCUT2D eigenvalue weighted by Gasteiger charge is -2.15. The quantitative estimate of drug-likeness (QED) is 0.683. The van der Waals surface area contributed by atoms with Crippen LogP contribution in [-0.2, 0) is 12.8 Å². The highest BCUT2D eigenvalue weighted by atomic mass is 79.9. The summed E-state index contributed by atoms with van der Waals surface area (Å²) in [7, 11) is 0. The van der Waals surface area contributed by atoms with Gasteiger partial charge in [0.2, 0.25) is 0 Å². The number of thiazole rings is 1. The van der Waals surface area contributed by atoms with Gasteiger partial charge in [0.15, 0.2) is 4.96 Å². The summed E-state index contributed by atoms with van der Waals surface area (Å²) in [6.07, 6.45) is 5.48. The predicted octanol–water partition coefficient (Wildman–Crippen LogP) is 3.89. The average molecular weight is 432 g/mol. The van der Waals surface area contributed by atoms with Gasteiger partial charge in [0.1, 0.15) is 5.56 Å². The molecule has 2 aromatic heterocycles. The SMILES string of the molecule is C[C@H](NC(=O)c1cnc2sc3c(n2c1=O)CCCC3)c1cccc(Br)c1. The third-order valence-corrected chi connectivity index (χ3v) is 6.39. The summed E-state index contributed by atoms with van der Waals surface area (Å²) < 4.78 is 2.59. The number of carbonyl (C=O) groups excluding carboxylic acids is 1. The number of carbonyl (C=O) groups is 1. The van der Waals surface area contributed by atoms with Crippen molar-refractivity contribution in [2.75, 3.05) is 0 Å². The largest absolute Gasteiger partial charge is 0.345 e. The van der Waals surface area contributed by atoms with Crippen molar-refractivity contribution in [1.82, 2.24) is 14.7 Å². The molecule has 1 atom stereocenters. The number of hydrogen-bond donors (Lipinski definition) is 1. The molecule has 0 aliphatic heterocycles. The van der Waals surface area contributed by atoms with Crippen LogP contribution in [-0.4, -0.2) is 15.3 Å². The number of nitrogens with zero attached hydrogens (tertiary/aromatic N) is 2. The molecule has 0 unspecified atom stereocenters. The smallest absolute Gasteiger partial charge is 0.271 e. The number of benzene rings is 1. The first-order valence-corrected chi connectivity index (χ1v) is 10.2. The Balaban J connectivity index is 1.67. The number of hydrogen-bond acceptors (Lipinski definition) is 4. The Hall–Kier alpha value is -1.99. The fourth-order valence-corrected chi connectivity index (χ4v) is 4.94. The van der Waals surface area contributed by atoms with Crippen molar-refractivity contribution in [2.24, 2.45) is 0 Å². The highest BCUT2D eigenvalue weighted by molar-refractivity contribution is 9.10. The van der Waals surface area contributed by atoms with Gasteiger partial charge in [-0.15, -0.1) is 11.3 Å². The Morgan fingerprint density at radius 2 is 2.15 bits per heavy atom. The zero-order valence-corrected chi connectivity index (χ0v) is 16.7. The minimum absolute atomic E-state index is 0.0931. The molecule has 1 N–H and O–H groups in total. The number of aryl methyl sites for hydroxylation is 2. The number of rotatable bonds is 3. The molecule has 0 spiro atoms. The molecule has 0 saturated heterocycles. The van der Waals surface area contributed by atoms with E-state index >= 15 is 0 Å². The molecule has 0 saturated carbocycles. The maximum absolute atomic E-state index is 12.9. The molecule has 0 bridgehead atoms. The van der Waals surface area contributed by atoms with E-state index < -0.39 is 0 Å². The number of nitrogens with one attached hydrogen (secondary N) is 1. The Kier molecular flexibility index (Phi) is 4.67. The van der Waals surface area contributed by atoms with Gasteiger partial charge < -0.3 is 5.32 Å². The first-order valence-electron chi connectivity index (χ1n) is 8.63. The molecule has 4 rings (SSSR count). The minimum Gasteiger partial charge on any atom is -0.345 e. The summed E-state index contributed by atoms with van der Waals surface area (Å²) in [5.74, 6) is -0.389. The molecule has 7 heteroatoms. The molecule has 1 amide bonds. The summed E-state index contributed by atoms with van der Waals surface area (Å²) in [5.41, 5.74) is 1.82. The monoisotopic (exact) mass is 431 g/mol. The van der Waals surface area contributed by atoms with Crippen molar-refractivity contribution in [2.45, 2.75) is 38.6 Å². The van der Waals surface area contributed by atoms with Gasteiger partial charge in [0.25, 0.3) is 11.5 Å². The molecule has 0 fully saturated rings. The Morgan fingerprint density at radius 1 is 1.35 bits per heavy atom. The second-order valence-corrected chi connectivity index (χ2v) is 8.50. The second-order valence-electron chi connectivity index (χ2n) is 6.52. The summed E-state index contributed by atoms with van der Waals surface area (Å²) in [5, 5.41) is 2.91. The highest BCUT2D eigenvalue weighted by Gasteiger charge is 2.22. The van der Waals surface area contributed by atoms with Crippen LogP contribution in [0, 0.1) is 0 Å². The van der Waals surface area contributed by atoms with E-state index in [-0.39, 0.29) is 23.1 Å². The fraction of sp³-hybridized carbons (Fsp3) is 0.316. The van der Waals surface area contributed by atoms with Crippen LogP contribution in [0.25, 0.3) is 4.96 Å². The van der Waals surface area contributed by atoms with Crippen molar-refractivity contribution >= 4 is 38.1 Å². The van der Waals surface area contributed by atoms with Crippen LogP contribution in [0.15, 0.2) is 39.7 Å². The zero-order chi connectivity index (χ0) is 18.3. The van der Waals surface area contributed by atoms with Crippen molar-refractivity contribution in [3.8, 4) is 0 Å². The first kappa shape index (κ1) is 17.4. The summed E-state index contributed by atoms with van der Waals surface area (Å²) in [4.78, 5) is 31.9. The molecule has 2 heterocycles. The van der Waals surface area contributed by atoms with Crippen LogP contribution in [0.4, 0.5) is 0 Å². The topological polar surface area (TPSA) is 63.5 Å². The Bertz CT molecular complexity index is 1060. The van der Waals surface area contributed by atoms with E-state index in [1.54, 1.807) is 15.7 Å². The Labute approximate surface area is 163 Å². The van der Waals surface area contributed by atoms with Crippen LogP contribution >= 0.6 is 27.3 Å². The van der Waals surface area contributed by atoms with E-state index in [0.717, 1.165) is 41.4 Å². The van der Waals surface area contributed by atoms with E-state index in [9.17, 15) is 9.59 Å². The molecule has 0 radical (unpaired) electrons. The molecule has 26 heavy (non-hydrogen) atoms. The number of halogens is 1. The van der Waals surface area contributed by atoms with Crippen LogP contribution in [0.2, 0.25) is 0 Å². The first-order chi connectivity index (χ1) is 12.5. The van der Waals surface area contributed by atoms with Crippen molar-refractivity contribution in [3.05, 3.63) is 67.0 Å². The van der Waals surface area contributed by atoms with Gasteiger partial charge in [-0.2, -0.15) is 0 Å². The van der Waals surface area contributed by atoms with Gasteiger partial charge >= 0.3 is 0 Å². The average Bonchev–Trinajstić information content (AvgIpc) is 3.01. The maximum Gasteiger partial charge on any atom is 0.271 e. The molecule has 3 aromatic rings. The molecular formula is C19H18BrN3O2S. The van der Waals surface area contributed by atoms with Crippen molar-refractivity contribution in [1.29, 1.82) is 0 Å². The fourth-order valence-electron chi connectivity index (χ4n) is 3.36. The molecule has 134 valence electrons. The number of aromatic nitrogens is 2. The van der Waals surface area contributed by atoms with E-state index in [2.05, 4.69) is 26.2 Å². The summed E-state index contributed by atoms with van der Waals surface area (Å²) in [6, 6.07) is 7.54.